The Bertz CT molecular complexity index is 1260. The number of alkyl halides is 3. The fourth-order valence-corrected chi connectivity index (χ4v) is 3.15. The first-order chi connectivity index (χ1) is 14.1. The largest absolute Gasteiger partial charge is 0.455 e. The summed E-state index contributed by atoms with van der Waals surface area (Å²) >= 11 is 0. The van der Waals surface area contributed by atoms with Gasteiger partial charge in [-0.05, 0) is 31.2 Å². The molecule has 2 heterocycles. The van der Waals surface area contributed by atoms with Crippen LogP contribution in [0, 0.1) is 18.6 Å². The topological polar surface area (TPSA) is 83.0 Å². The monoisotopic (exact) mass is 424 g/mol. The SMILES string of the molecule is Cc1c(C(NC(=O)Nc2ccc3[nH]ncc3c2)C(F)(F)F)oc2c(F)cc(F)cc12. The number of rotatable bonds is 3. The molecule has 0 bridgehead atoms. The number of urea groups is 1. The number of carbonyl (C=O) groups is 1. The van der Waals surface area contributed by atoms with Gasteiger partial charge in [0.15, 0.2) is 17.4 Å². The zero-order valence-electron chi connectivity index (χ0n) is 15.2. The van der Waals surface area contributed by atoms with Gasteiger partial charge in [-0.2, -0.15) is 18.3 Å². The normalized spacial score (nSPS) is 13.0. The Morgan fingerprint density at radius 2 is 1.97 bits per heavy atom. The van der Waals surface area contributed by atoms with Crippen molar-refractivity contribution >= 4 is 33.6 Å². The van der Waals surface area contributed by atoms with Crippen LogP contribution < -0.4 is 10.6 Å². The number of amides is 2. The van der Waals surface area contributed by atoms with Gasteiger partial charge in [-0.25, -0.2) is 13.6 Å². The lowest BCUT2D eigenvalue weighted by molar-refractivity contribution is -0.158. The Kier molecular flexibility index (Phi) is 4.60. The molecule has 1 atom stereocenters. The second-order valence-corrected chi connectivity index (χ2v) is 6.60. The lowest BCUT2D eigenvalue weighted by Gasteiger charge is -2.20. The highest BCUT2D eigenvalue weighted by Gasteiger charge is 2.45. The molecular weight excluding hydrogens is 411 g/mol. The van der Waals surface area contributed by atoms with Crippen LogP contribution in [0.5, 0.6) is 0 Å². The van der Waals surface area contributed by atoms with Crippen LogP contribution in [-0.2, 0) is 0 Å². The number of halogens is 5. The Balaban J connectivity index is 1.65. The second-order valence-electron chi connectivity index (χ2n) is 6.60. The van der Waals surface area contributed by atoms with Crippen LogP contribution in [0.15, 0.2) is 40.9 Å². The molecule has 0 spiro atoms. The predicted octanol–water partition coefficient (Wildman–Crippen LogP) is 5.32. The molecule has 4 aromatic rings. The van der Waals surface area contributed by atoms with Gasteiger partial charge in [-0.3, -0.25) is 5.10 Å². The van der Waals surface area contributed by atoms with E-state index in [9.17, 15) is 26.7 Å². The van der Waals surface area contributed by atoms with E-state index in [0.29, 0.717) is 17.0 Å². The van der Waals surface area contributed by atoms with E-state index < -0.39 is 41.2 Å². The van der Waals surface area contributed by atoms with Crippen molar-refractivity contribution in [2.75, 3.05) is 5.32 Å². The third kappa shape index (κ3) is 3.53. The predicted molar refractivity (Wildman–Crippen MR) is 97.9 cm³/mol. The van der Waals surface area contributed by atoms with E-state index in [1.165, 1.54) is 25.3 Å². The molecule has 0 fully saturated rings. The molecule has 11 heteroatoms. The van der Waals surface area contributed by atoms with Gasteiger partial charge in [0, 0.05) is 28.1 Å². The van der Waals surface area contributed by atoms with Crippen molar-refractivity contribution in [3.63, 3.8) is 0 Å². The average molecular weight is 424 g/mol. The maximum Gasteiger partial charge on any atom is 0.416 e. The van der Waals surface area contributed by atoms with E-state index >= 15 is 0 Å². The number of nitrogens with one attached hydrogen (secondary N) is 3. The van der Waals surface area contributed by atoms with Gasteiger partial charge in [0.05, 0.1) is 11.7 Å². The second kappa shape index (κ2) is 7.01. The number of fused-ring (bicyclic) bond motifs is 2. The highest BCUT2D eigenvalue weighted by molar-refractivity contribution is 5.93. The Morgan fingerprint density at radius 3 is 2.70 bits per heavy atom. The number of aromatic nitrogens is 2. The first-order valence-corrected chi connectivity index (χ1v) is 8.59. The van der Waals surface area contributed by atoms with E-state index in [1.54, 1.807) is 11.4 Å². The van der Waals surface area contributed by atoms with Crippen molar-refractivity contribution in [3.8, 4) is 0 Å². The average Bonchev–Trinajstić information content (AvgIpc) is 3.24. The lowest BCUT2D eigenvalue weighted by atomic mass is 10.1. The van der Waals surface area contributed by atoms with E-state index in [1.807, 2.05) is 0 Å². The molecule has 6 nitrogen and oxygen atoms in total. The van der Waals surface area contributed by atoms with Crippen LogP contribution in [0.2, 0.25) is 0 Å². The summed E-state index contributed by atoms with van der Waals surface area (Å²) in [5.74, 6) is -2.83. The molecule has 2 aromatic carbocycles. The third-order valence-corrected chi connectivity index (χ3v) is 4.56. The van der Waals surface area contributed by atoms with Gasteiger partial charge in [-0.1, -0.05) is 0 Å². The van der Waals surface area contributed by atoms with Gasteiger partial charge in [0.25, 0.3) is 0 Å². The summed E-state index contributed by atoms with van der Waals surface area (Å²) in [5.41, 5.74) is 0.259. The van der Waals surface area contributed by atoms with E-state index in [-0.39, 0.29) is 16.6 Å². The standard InChI is InChI=1S/C19H13F5N4O2/c1-8-12-5-10(20)6-13(21)16(12)30-15(8)17(19(22,23)24)27-18(29)26-11-2-3-14-9(4-11)7-25-28-14/h2-7,17H,1H3,(H,25,28)(H2,26,27,29). The number of hydrogen-bond acceptors (Lipinski definition) is 3. The summed E-state index contributed by atoms with van der Waals surface area (Å²) in [5, 5.41) is 11.1. The number of furan rings is 1. The third-order valence-electron chi connectivity index (χ3n) is 4.56. The number of hydrogen-bond donors (Lipinski definition) is 3. The number of benzene rings is 2. The first kappa shape index (κ1) is 19.7. The summed E-state index contributed by atoms with van der Waals surface area (Å²) in [6.45, 7) is 1.23. The highest BCUT2D eigenvalue weighted by atomic mass is 19.4. The van der Waals surface area contributed by atoms with Crippen molar-refractivity contribution in [1.29, 1.82) is 0 Å². The molecule has 3 N–H and O–H groups in total. The Hall–Kier alpha value is -3.63. The molecule has 0 radical (unpaired) electrons. The van der Waals surface area contributed by atoms with E-state index in [2.05, 4.69) is 15.5 Å². The number of carbonyl (C=O) groups excluding carboxylic acids is 1. The summed E-state index contributed by atoms with van der Waals surface area (Å²) < 4.78 is 73.5. The quantitative estimate of drug-likeness (QED) is 0.389. The zero-order valence-corrected chi connectivity index (χ0v) is 15.2. The minimum atomic E-state index is -4.96. The first-order valence-electron chi connectivity index (χ1n) is 8.59. The molecule has 30 heavy (non-hydrogen) atoms. The van der Waals surface area contributed by atoms with Crippen molar-refractivity contribution in [1.82, 2.24) is 15.5 Å². The number of aryl methyl sites for hydroxylation is 1. The minimum Gasteiger partial charge on any atom is -0.455 e. The summed E-state index contributed by atoms with van der Waals surface area (Å²) in [6.07, 6.45) is -3.47. The van der Waals surface area contributed by atoms with Crippen LogP contribution in [-0.4, -0.2) is 22.4 Å². The number of nitrogens with zero attached hydrogens (tertiary/aromatic N) is 1. The molecule has 0 saturated heterocycles. The molecule has 0 aliphatic carbocycles. The molecule has 2 amide bonds. The van der Waals surface area contributed by atoms with Crippen molar-refractivity contribution in [2.24, 2.45) is 0 Å². The van der Waals surface area contributed by atoms with Gasteiger partial charge in [0.1, 0.15) is 11.6 Å². The van der Waals surface area contributed by atoms with Crippen LogP contribution in [0.1, 0.15) is 17.4 Å². The Morgan fingerprint density at radius 1 is 1.20 bits per heavy atom. The van der Waals surface area contributed by atoms with E-state index in [0.717, 1.165) is 6.07 Å². The molecule has 156 valence electrons. The van der Waals surface area contributed by atoms with Crippen molar-refractivity contribution in [3.05, 3.63) is 59.5 Å². The van der Waals surface area contributed by atoms with Gasteiger partial charge < -0.3 is 15.1 Å². The maximum atomic E-state index is 13.9. The number of anilines is 1. The maximum absolute atomic E-state index is 13.9. The van der Waals surface area contributed by atoms with Crippen LogP contribution in [0.3, 0.4) is 0 Å². The summed E-state index contributed by atoms with van der Waals surface area (Å²) in [7, 11) is 0. The summed E-state index contributed by atoms with van der Waals surface area (Å²) in [4.78, 5) is 12.2. The molecule has 4 rings (SSSR count). The molecule has 1 unspecified atom stereocenters. The zero-order chi connectivity index (χ0) is 21.6. The number of aromatic amines is 1. The fourth-order valence-electron chi connectivity index (χ4n) is 3.15. The van der Waals surface area contributed by atoms with Gasteiger partial charge in [-0.15, -0.1) is 0 Å². The molecular formula is C19H13F5N4O2. The van der Waals surface area contributed by atoms with Gasteiger partial charge >= 0.3 is 12.2 Å². The van der Waals surface area contributed by atoms with Crippen LogP contribution in [0.25, 0.3) is 21.9 Å². The fraction of sp³-hybridized carbons (Fsp3) is 0.158. The molecule has 0 aliphatic rings. The van der Waals surface area contributed by atoms with Gasteiger partial charge in [0.2, 0.25) is 0 Å². The van der Waals surface area contributed by atoms with Crippen LogP contribution >= 0.6 is 0 Å². The van der Waals surface area contributed by atoms with Crippen LogP contribution in [0.4, 0.5) is 32.4 Å². The minimum absolute atomic E-state index is 0.133. The smallest absolute Gasteiger partial charge is 0.416 e. The molecule has 0 aliphatic heterocycles. The Labute approximate surface area is 165 Å². The van der Waals surface area contributed by atoms with Crippen molar-refractivity contribution in [2.45, 2.75) is 19.1 Å². The van der Waals surface area contributed by atoms with E-state index in [4.69, 9.17) is 4.42 Å². The number of H-pyrrole nitrogens is 1. The molecule has 0 saturated carbocycles. The summed E-state index contributed by atoms with van der Waals surface area (Å²) in [6, 6.07) is 2.23. The van der Waals surface area contributed by atoms with Crippen molar-refractivity contribution < 1.29 is 31.2 Å². The highest BCUT2D eigenvalue weighted by Crippen LogP contribution is 2.39. The lowest BCUT2D eigenvalue weighted by Crippen LogP contribution is -2.40. The molecule has 2 aromatic heterocycles.